The van der Waals surface area contributed by atoms with Crippen molar-refractivity contribution in [3.05, 3.63) is 29.3 Å². The summed E-state index contributed by atoms with van der Waals surface area (Å²) in [5, 5.41) is 8.93. The molecule has 0 radical (unpaired) electrons. The average Bonchev–Trinajstić information content (AvgIpc) is 2.56. The maximum Gasteiger partial charge on any atom is 0.338 e. The van der Waals surface area contributed by atoms with Crippen LogP contribution < -0.4 is 4.72 Å². The lowest BCUT2D eigenvalue weighted by molar-refractivity contribution is -0.139. The van der Waals surface area contributed by atoms with Crippen LogP contribution in [0.5, 0.6) is 0 Å². The van der Waals surface area contributed by atoms with E-state index in [4.69, 9.17) is 9.84 Å². The third-order valence-corrected chi connectivity index (χ3v) is 6.35. The molecule has 0 atom stereocenters. The lowest BCUT2D eigenvalue weighted by Gasteiger charge is -2.42. The molecule has 1 saturated carbocycles. The molecule has 9 heteroatoms. The van der Waals surface area contributed by atoms with Crippen molar-refractivity contribution in [2.24, 2.45) is 0 Å². The maximum absolute atomic E-state index is 12.7. The number of carbonyl (C=O) groups excluding carboxylic acids is 1. The van der Waals surface area contributed by atoms with Crippen LogP contribution in [0.15, 0.2) is 23.1 Å². The first kappa shape index (κ1) is 21.3. The van der Waals surface area contributed by atoms with Gasteiger partial charge < -0.3 is 9.84 Å². The number of rotatable bonds is 9. The van der Waals surface area contributed by atoms with Gasteiger partial charge in [-0.2, -0.15) is 0 Å². The van der Waals surface area contributed by atoms with E-state index < -0.39 is 22.0 Å². The summed E-state index contributed by atoms with van der Waals surface area (Å²) in [6.45, 7) is 5.98. The summed E-state index contributed by atoms with van der Waals surface area (Å²) in [4.78, 5) is 24.6. The standard InChI is InChI=1S/C18H26N2O6S/c1-4-20(11-17(21)22)15-9-14(10-15)19-27(24,25)16-8-13(7-6-12(16)3)18(23)26-5-2/h6-8,14-15,19H,4-5,9-11H2,1-3H3,(H,21,22). The van der Waals surface area contributed by atoms with Gasteiger partial charge in [-0.15, -0.1) is 0 Å². The van der Waals surface area contributed by atoms with Gasteiger partial charge in [-0.1, -0.05) is 13.0 Å². The first-order valence-electron chi connectivity index (χ1n) is 8.93. The van der Waals surface area contributed by atoms with Gasteiger partial charge in [0, 0.05) is 12.1 Å². The van der Waals surface area contributed by atoms with Crippen LogP contribution >= 0.6 is 0 Å². The smallest absolute Gasteiger partial charge is 0.338 e. The Morgan fingerprint density at radius 3 is 2.52 bits per heavy atom. The van der Waals surface area contributed by atoms with E-state index in [-0.39, 0.29) is 35.7 Å². The van der Waals surface area contributed by atoms with E-state index in [1.54, 1.807) is 19.9 Å². The molecule has 1 aromatic rings. The summed E-state index contributed by atoms with van der Waals surface area (Å²) in [5.74, 6) is -1.46. The topological polar surface area (TPSA) is 113 Å². The molecule has 0 aliphatic heterocycles. The van der Waals surface area contributed by atoms with Crippen LogP contribution in [-0.2, 0) is 19.6 Å². The van der Waals surface area contributed by atoms with Crippen molar-refractivity contribution >= 4 is 22.0 Å². The second kappa shape index (κ2) is 8.81. The van der Waals surface area contributed by atoms with Crippen LogP contribution in [-0.4, -0.2) is 62.1 Å². The molecule has 27 heavy (non-hydrogen) atoms. The Balaban J connectivity index is 2.07. The quantitative estimate of drug-likeness (QED) is 0.604. The summed E-state index contributed by atoms with van der Waals surface area (Å²) in [6.07, 6.45) is 1.11. The van der Waals surface area contributed by atoms with Crippen LogP contribution in [0.25, 0.3) is 0 Å². The Morgan fingerprint density at radius 2 is 1.96 bits per heavy atom. The van der Waals surface area contributed by atoms with Gasteiger partial charge in [0.25, 0.3) is 0 Å². The van der Waals surface area contributed by atoms with Gasteiger partial charge in [0.2, 0.25) is 10.0 Å². The average molecular weight is 398 g/mol. The number of esters is 1. The SMILES string of the molecule is CCOC(=O)c1ccc(C)c(S(=O)(=O)NC2CC(N(CC)CC(=O)O)C2)c1. The van der Waals surface area contributed by atoms with Crippen molar-refractivity contribution in [2.75, 3.05) is 19.7 Å². The fourth-order valence-electron chi connectivity index (χ4n) is 3.17. The molecule has 2 rings (SSSR count). The van der Waals surface area contributed by atoms with Gasteiger partial charge in [-0.25, -0.2) is 17.9 Å². The van der Waals surface area contributed by atoms with Crippen molar-refractivity contribution < 1.29 is 27.9 Å². The Kier molecular flexibility index (Phi) is 6.96. The molecule has 1 aliphatic rings. The van der Waals surface area contributed by atoms with Crippen LogP contribution in [0.4, 0.5) is 0 Å². The lowest BCUT2D eigenvalue weighted by Crippen LogP contribution is -2.54. The summed E-state index contributed by atoms with van der Waals surface area (Å²) < 4.78 is 33.1. The largest absolute Gasteiger partial charge is 0.480 e. The first-order valence-corrected chi connectivity index (χ1v) is 10.4. The minimum Gasteiger partial charge on any atom is -0.480 e. The Labute approximate surface area is 159 Å². The molecular weight excluding hydrogens is 372 g/mol. The minimum absolute atomic E-state index is 0.0470. The molecule has 1 aliphatic carbocycles. The maximum atomic E-state index is 12.7. The molecule has 0 amide bonds. The normalized spacial score (nSPS) is 19.6. The number of likely N-dealkylation sites (N-methyl/N-ethyl adjacent to an activating group) is 1. The van der Waals surface area contributed by atoms with E-state index in [2.05, 4.69) is 4.72 Å². The van der Waals surface area contributed by atoms with Crippen molar-refractivity contribution in [1.82, 2.24) is 9.62 Å². The fourth-order valence-corrected chi connectivity index (χ4v) is 4.70. The Morgan fingerprint density at radius 1 is 1.30 bits per heavy atom. The van der Waals surface area contributed by atoms with E-state index in [1.165, 1.54) is 12.1 Å². The number of hydrogen-bond acceptors (Lipinski definition) is 6. The van der Waals surface area contributed by atoms with Crippen LogP contribution in [0.2, 0.25) is 0 Å². The van der Waals surface area contributed by atoms with Crippen molar-refractivity contribution in [2.45, 2.75) is 50.6 Å². The van der Waals surface area contributed by atoms with Gasteiger partial charge in [-0.05, 0) is 50.9 Å². The molecule has 0 saturated heterocycles. The zero-order valence-corrected chi connectivity index (χ0v) is 16.6. The number of hydrogen-bond donors (Lipinski definition) is 2. The third-order valence-electron chi connectivity index (χ3n) is 4.68. The number of carbonyl (C=O) groups is 2. The Hall–Kier alpha value is -1.97. The first-order chi connectivity index (χ1) is 12.7. The molecule has 1 aromatic carbocycles. The number of nitrogens with zero attached hydrogens (tertiary/aromatic N) is 1. The summed E-state index contributed by atoms with van der Waals surface area (Å²) in [7, 11) is -3.79. The van der Waals surface area contributed by atoms with Gasteiger partial charge in [0.05, 0.1) is 23.6 Å². The van der Waals surface area contributed by atoms with E-state index in [0.717, 1.165) is 0 Å². The molecule has 0 aromatic heterocycles. The van der Waals surface area contributed by atoms with Crippen LogP contribution in [0.3, 0.4) is 0 Å². The number of carboxylic acid groups (broad SMARTS) is 1. The fraction of sp³-hybridized carbons (Fsp3) is 0.556. The highest BCUT2D eigenvalue weighted by molar-refractivity contribution is 7.89. The van der Waals surface area contributed by atoms with E-state index >= 15 is 0 Å². The highest BCUT2D eigenvalue weighted by atomic mass is 32.2. The van der Waals surface area contributed by atoms with E-state index in [1.807, 2.05) is 11.8 Å². The number of nitrogens with one attached hydrogen (secondary N) is 1. The molecule has 0 spiro atoms. The van der Waals surface area contributed by atoms with E-state index in [0.29, 0.717) is 24.9 Å². The second-order valence-electron chi connectivity index (χ2n) is 6.60. The number of benzene rings is 1. The number of carboxylic acids is 1. The molecule has 150 valence electrons. The molecule has 1 fully saturated rings. The predicted octanol–water partition coefficient (Wildman–Crippen LogP) is 1.39. The summed E-state index contributed by atoms with van der Waals surface area (Å²) in [6, 6.07) is 4.24. The third kappa shape index (κ3) is 5.27. The van der Waals surface area contributed by atoms with Gasteiger partial charge in [0.15, 0.2) is 0 Å². The van der Waals surface area contributed by atoms with Crippen molar-refractivity contribution in [3.8, 4) is 0 Å². The monoisotopic (exact) mass is 398 g/mol. The Bertz CT molecular complexity index is 802. The molecule has 0 heterocycles. The highest BCUT2D eigenvalue weighted by Crippen LogP contribution is 2.28. The molecular formula is C18H26N2O6S. The highest BCUT2D eigenvalue weighted by Gasteiger charge is 2.36. The van der Waals surface area contributed by atoms with Crippen molar-refractivity contribution in [1.29, 1.82) is 0 Å². The van der Waals surface area contributed by atoms with Gasteiger partial charge >= 0.3 is 11.9 Å². The molecule has 8 nitrogen and oxygen atoms in total. The van der Waals surface area contributed by atoms with Gasteiger partial charge in [-0.3, -0.25) is 9.69 Å². The van der Waals surface area contributed by atoms with Crippen LogP contribution in [0, 0.1) is 6.92 Å². The summed E-state index contributed by atoms with van der Waals surface area (Å²) in [5.41, 5.74) is 0.723. The lowest BCUT2D eigenvalue weighted by atomic mass is 9.86. The number of aryl methyl sites for hydroxylation is 1. The minimum atomic E-state index is -3.79. The number of aliphatic carboxylic acids is 1. The zero-order chi connectivity index (χ0) is 20.2. The molecule has 0 unspecified atom stereocenters. The number of ether oxygens (including phenoxy) is 1. The van der Waals surface area contributed by atoms with E-state index in [9.17, 15) is 18.0 Å². The van der Waals surface area contributed by atoms with Crippen LogP contribution in [0.1, 0.15) is 42.6 Å². The summed E-state index contributed by atoms with van der Waals surface area (Å²) >= 11 is 0. The predicted molar refractivity (Wildman–Crippen MR) is 99.1 cm³/mol. The zero-order valence-electron chi connectivity index (χ0n) is 15.8. The number of sulfonamides is 1. The van der Waals surface area contributed by atoms with Crippen molar-refractivity contribution in [3.63, 3.8) is 0 Å². The molecule has 0 bridgehead atoms. The van der Waals surface area contributed by atoms with Gasteiger partial charge in [0.1, 0.15) is 0 Å². The second-order valence-corrected chi connectivity index (χ2v) is 8.28. The molecule has 2 N–H and O–H groups in total.